The molecule has 2 amide bonds. The number of hydrogen-bond acceptors (Lipinski definition) is 5. The number of amides is 2. The molecule has 2 N–H and O–H groups in total. The van der Waals surface area contributed by atoms with Crippen LogP contribution >= 0.6 is 11.3 Å². The van der Waals surface area contributed by atoms with Crippen LogP contribution in [-0.2, 0) is 10.0 Å². The van der Waals surface area contributed by atoms with Gasteiger partial charge in [-0.3, -0.25) is 0 Å². The largest absolute Gasteiger partial charge is 0.323 e. The summed E-state index contributed by atoms with van der Waals surface area (Å²) in [7, 11) is -3.17. The smallest absolute Gasteiger partial charge is 0.308 e. The molecule has 0 unspecified atom stereocenters. The van der Waals surface area contributed by atoms with Crippen molar-refractivity contribution in [2.45, 2.75) is 18.8 Å². The Labute approximate surface area is 198 Å². The molecule has 4 rings (SSSR count). The predicted molar refractivity (Wildman–Crippen MR) is 125 cm³/mol. The van der Waals surface area contributed by atoms with Gasteiger partial charge in [0.2, 0.25) is 10.0 Å². The van der Waals surface area contributed by atoms with Gasteiger partial charge in [0.15, 0.2) is 11.6 Å². The topological polar surface area (TPSA) is 91.4 Å². The van der Waals surface area contributed by atoms with Crippen molar-refractivity contribution in [3.63, 3.8) is 0 Å². The summed E-state index contributed by atoms with van der Waals surface area (Å²) in [5, 5.41) is 5.61. The Balaban J connectivity index is 1.37. The van der Waals surface area contributed by atoms with Crippen molar-refractivity contribution in [2.24, 2.45) is 0 Å². The lowest BCUT2D eigenvalue weighted by Crippen LogP contribution is -2.37. The molecule has 0 aliphatic carbocycles. The van der Waals surface area contributed by atoms with E-state index in [0.717, 1.165) is 28.3 Å². The van der Waals surface area contributed by atoms with Gasteiger partial charge in [-0.05, 0) is 30.5 Å². The number of nitrogens with zero attached hydrogens (tertiary/aromatic N) is 2. The normalized spacial score (nSPS) is 15.3. The molecule has 2 aromatic carbocycles. The molecular formula is C22H21F3N4O3S2. The van der Waals surface area contributed by atoms with Crippen LogP contribution in [0.25, 0.3) is 10.4 Å². The second-order valence-electron chi connectivity index (χ2n) is 7.90. The van der Waals surface area contributed by atoms with Crippen LogP contribution in [0.1, 0.15) is 23.8 Å². The minimum atomic E-state index is -3.17. The van der Waals surface area contributed by atoms with E-state index in [0.29, 0.717) is 30.9 Å². The van der Waals surface area contributed by atoms with Gasteiger partial charge in [-0.2, -0.15) is 0 Å². The third kappa shape index (κ3) is 5.57. The third-order valence-corrected chi connectivity index (χ3v) is 7.99. The maximum atomic E-state index is 13.7. The standard InChI is InChI=1S/C22H21F3N4O3S2/c1-34(31,32)29-8-6-14(7-9-29)21-26-12-20(33-21)13-2-4-15(5-3-13)27-22(30)28-19-11-17(24)16(23)10-18(19)25/h2-5,10-12,14H,6-9H2,1H3,(H2,27,28,30). The van der Waals surface area contributed by atoms with Gasteiger partial charge >= 0.3 is 6.03 Å². The summed E-state index contributed by atoms with van der Waals surface area (Å²) < 4.78 is 64.8. The number of hydrogen-bond donors (Lipinski definition) is 2. The van der Waals surface area contributed by atoms with Crippen molar-refractivity contribution >= 4 is 38.8 Å². The van der Waals surface area contributed by atoms with E-state index in [1.165, 1.54) is 10.6 Å². The van der Waals surface area contributed by atoms with Crippen molar-refractivity contribution in [3.05, 3.63) is 65.1 Å². The summed E-state index contributed by atoms with van der Waals surface area (Å²) >= 11 is 1.54. The lowest BCUT2D eigenvalue weighted by Gasteiger charge is -2.29. The number of benzene rings is 2. The van der Waals surface area contributed by atoms with Crippen molar-refractivity contribution in [2.75, 3.05) is 30.0 Å². The number of piperidine rings is 1. The molecule has 1 saturated heterocycles. The fourth-order valence-electron chi connectivity index (χ4n) is 3.67. The van der Waals surface area contributed by atoms with E-state index in [-0.39, 0.29) is 5.92 Å². The lowest BCUT2D eigenvalue weighted by atomic mass is 9.99. The van der Waals surface area contributed by atoms with Gasteiger partial charge in [-0.1, -0.05) is 12.1 Å². The molecule has 7 nitrogen and oxygen atoms in total. The summed E-state index contributed by atoms with van der Waals surface area (Å²) in [5.41, 5.74) is 0.824. The van der Waals surface area contributed by atoms with Crippen LogP contribution in [0.3, 0.4) is 0 Å². The minimum absolute atomic E-state index is 0.207. The molecule has 2 heterocycles. The minimum Gasteiger partial charge on any atom is -0.308 e. The number of thiazole rings is 1. The second kappa shape index (κ2) is 9.72. The van der Waals surface area contributed by atoms with Gasteiger partial charge in [0, 0.05) is 43.0 Å². The van der Waals surface area contributed by atoms with Crippen molar-refractivity contribution in [1.82, 2.24) is 9.29 Å². The molecule has 1 aliphatic heterocycles. The van der Waals surface area contributed by atoms with Crippen LogP contribution in [0.15, 0.2) is 42.6 Å². The summed E-state index contributed by atoms with van der Waals surface area (Å²) in [5.74, 6) is -3.50. The van der Waals surface area contributed by atoms with Crippen molar-refractivity contribution in [1.29, 1.82) is 0 Å². The predicted octanol–water partition coefficient (Wildman–Crippen LogP) is 5.01. The molecule has 0 spiro atoms. The highest BCUT2D eigenvalue weighted by atomic mass is 32.2. The quantitative estimate of drug-likeness (QED) is 0.472. The Morgan fingerprint density at radius 3 is 2.32 bits per heavy atom. The van der Waals surface area contributed by atoms with E-state index in [1.807, 2.05) is 0 Å². The Bertz CT molecular complexity index is 1310. The van der Waals surface area contributed by atoms with E-state index in [9.17, 15) is 26.4 Å². The van der Waals surface area contributed by atoms with Gasteiger partial charge in [-0.15, -0.1) is 11.3 Å². The van der Waals surface area contributed by atoms with E-state index < -0.39 is 39.2 Å². The molecule has 3 aromatic rings. The van der Waals surface area contributed by atoms with Crippen LogP contribution in [0.2, 0.25) is 0 Å². The molecule has 1 fully saturated rings. The number of anilines is 2. The zero-order chi connectivity index (χ0) is 24.5. The van der Waals surface area contributed by atoms with Crippen molar-refractivity contribution in [3.8, 4) is 10.4 Å². The van der Waals surface area contributed by atoms with Crippen LogP contribution in [-0.4, -0.2) is 43.1 Å². The summed E-state index contributed by atoms with van der Waals surface area (Å²) in [4.78, 5) is 17.5. The second-order valence-corrected chi connectivity index (χ2v) is 10.9. The Kier molecular flexibility index (Phi) is 6.91. The monoisotopic (exact) mass is 510 g/mol. The molecule has 1 aliphatic rings. The fraction of sp³-hybridized carbons (Fsp3) is 0.273. The van der Waals surface area contributed by atoms with E-state index in [2.05, 4.69) is 15.6 Å². The van der Waals surface area contributed by atoms with Crippen LogP contribution in [0, 0.1) is 17.5 Å². The molecule has 34 heavy (non-hydrogen) atoms. The van der Waals surface area contributed by atoms with Crippen molar-refractivity contribution < 1.29 is 26.4 Å². The van der Waals surface area contributed by atoms with E-state index in [1.54, 1.807) is 41.8 Å². The van der Waals surface area contributed by atoms with Crippen LogP contribution < -0.4 is 10.6 Å². The van der Waals surface area contributed by atoms with Crippen LogP contribution in [0.5, 0.6) is 0 Å². The number of halogens is 3. The first-order valence-electron chi connectivity index (χ1n) is 10.3. The van der Waals surface area contributed by atoms with Gasteiger partial charge in [-0.25, -0.2) is 35.7 Å². The third-order valence-electron chi connectivity index (χ3n) is 5.48. The highest BCUT2D eigenvalue weighted by Gasteiger charge is 2.27. The highest BCUT2D eigenvalue weighted by molar-refractivity contribution is 7.88. The number of carbonyl (C=O) groups excluding carboxylic acids is 1. The maximum absolute atomic E-state index is 13.7. The summed E-state index contributed by atoms with van der Waals surface area (Å²) in [6.07, 6.45) is 4.43. The Morgan fingerprint density at radius 2 is 1.68 bits per heavy atom. The fourth-order valence-corrected chi connectivity index (χ4v) is 5.63. The number of urea groups is 1. The Morgan fingerprint density at radius 1 is 1.03 bits per heavy atom. The molecule has 0 radical (unpaired) electrons. The molecule has 12 heteroatoms. The van der Waals surface area contributed by atoms with E-state index in [4.69, 9.17) is 0 Å². The summed E-state index contributed by atoms with van der Waals surface area (Å²) in [6, 6.07) is 7.01. The molecule has 0 bridgehead atoms. The number of carbonyl (C=O) groups is 1. The lowest BCUT2D eigenvalue weighted by molar-refractivity contribution is 0.262. The van der Waals surface area contributed by atoms with Gasteiger partial charge in [0.1, 0.15) is 5.82 Å². The first-order valence-corrected chi connectivity index (χ1v) is 13.0. The molecule has 0 atom stereocenters. The number of sulfonamides is 1. The number of nitrogens with one attached hydrogen (secondary N) is 2. The number of rotatable bonds is 5. The molecule has 1 aromatic heterocycles. The zero-order valence-corrected chi connectivity index (χ0v) is 19.6. The maximum Gasteiger partial charge on any atom is 0.323 e. The van der Waals surface area contributed by atoms with Gasteiger partial charge in [0.25, 0.3) is 0 Å². The SMILES string of the molecule is CS(=O)(=O)N1CCC(c2ncc(-c3ccc(NC(=O)Nc4cc(F)c(F)cc4F)cc3)s2)CC1. The molecular weight excluding hydrogens is 489 g/mol. The Hall–Kier alpha value is -2.96. The average Bonchev–Trinajstić information content (AvgIpc) is 3.28. The average molecular weight is 511 g/mol. The van der Waals surface area contributed by atoms with Gasteiger partial charge < -0.3 is 10.6 Å². The van der Waals surface area contributed by atoms with Gasteiger partial charge in [0.05, 0.1) is 21.8 Å². The first kappa shape index (κ1) is 24.2. The van der Waals surface area contributed by atoms with E-state index >= 15 is 0 Å². The molecule has 0 saturated carbocycles. The highest BCUT2D eigenvalue weighted by Crippen LogP contribution is 2.35. The number of aromatic nitrogens is 1. The zero-order valence-electron chi connectivity index (χ0n) is 18.0. The molecule has 180 valence electrons. The summed E-state index contributed by atoms with van der Waals surface area (Å²) in [6.45, 7) is 0.963. The van der Waals surface area contributed by atoms with Crippen LogP contribution in [0.4, 0.5) is 29.3 Å². The first-order chi connectivity index (χ1) is 16.1.